The Morgan fingerprint density at radius 3 is 3.00 bits per heavy atom. The fraction of sp³-hybridized carbons (Fsp3) is 0.143. The van der Waals surface area contributed by atoms with Crippen molar-refractivity contribution in [2.45, 2.75) is 0 Å². The van der Waals surface area contributed by atoms with Gasteiger partial charge in [0.2, 0.25) is 5.82 Å². The predicted molar refractivity (Wildman–Crippen MR) is 55.8 cm³/mol. The summed E-state index contributed by atoms with van der Waals surface area (Å²) in [6, 6.07) is 1.22. The predicted octanol–water partition coefficient (Wildman–Crippen LogP) is 1.18. The fourth-order valence-corrected chi connectivity index (χ4v) is 1.13. The summed E-state index contributed by atoms with van der Waals surface area (Å²) in [5.74, 6) is -1.36. The highest BCUT2D eigenvalue weighted by Gasteiger charge is 2.16. The molecular formula is C7H6BrN3O5. The number of anilines is 1. The van der Waals surface area contributed by atoms with Gasteiger partial charge in [-0.05, 0) is 15.9 Å². The number of aromatic nitrogens is 1. The molecule has 86 valence electrons. The monoisotopic (exact) mass is 291 g/mol. The maximum atomic E-state index is 10.6. The minimum absolute atomic E-state index is 0.158. The Hall–Kier alpha value is -1.74. The van der Waals surface area contributed by atoms with E-state index in [1.54, 1.807) is 0 Å². The van der Waals surface area contributed by atoms with Crippen molar-refractivity contribution in [1.29, 1.82) is 0 Å². The number of aliphatic carboxylic acids is 1. The smallest absolute Gasteiger partial charge is 0.332 e. The molecule has 0 aliphatic rings. The second-order valence-corrected chi connectivity index (χ2v) is 3.48. The number of nitrogens with one attached hydrogen (secondary N) is 1. The zero-order chi connectivity index (χ0) is 12.1. The molecule has 2 N–H and O–H groups in total. The Bertz CT molecular complexity index is 424. The van der Waals surface area contributed by atoms with Gasteiger partial charge in [0.05, 0.1) is 4.92 Å². The molecule has 1 rings (SSSR count). The van der Waals surface area contributed by atoms with E-state index in [9.17, 15) is 14.9 Å². The average molecular weight is 292 g/mol. The second kappa shape index (κ2) is 5.37. The Kier molecular flexibility index (Phi) is 4.14. The van der Waals surface area contributed by atoms with Crippen molar-refractivity contribution in [3.05, 3.63) is 26.9 Å². The van der Waals surface area contributed by atoms with Gasteiger partial charge in [0.15, 0.2) is 6.61 Å². The lowest BCUT2D eigenvalue weighted by Gasteiger charge is -2.04. The van der Waals surface area contributed by atoms with Crippen LogP contribution in [0.5, 0.6) is 0 Å². The van der Waals surface area contributed by atoms with Crippen LogP contribution in [0.2, 0.25) is 0 Å². The van der Waals surface area contributed by atoms with Crippen molar-refractivity contribution in [2.75, 3.05) is 12.1 Å². The van der Waals surface area contributed by atoms with Crippen LogP contribution < -0.4 is 5.48 Å². The van der Waals surface area contributed by atoms with Crippen LogP contribution >= 0.6 is 15.9 Å². The van der Waals surface area contributed by atoms with E-state index in [4.69, 9.17) is 5.11 Å². The molecule has 1 aromatic rings. The lowest BCUT2D eigenvalue weighted by molar-refractivity contribution is -0.384. The highest BCUT2D eigenvalue weighted by molar-refractivity contribution is 9.10. The van der Waals surface area contributed by atoms with Gasteiger partial charge < -0.3 is 5.11 Å². The first-order chi connectivity index (χ1) is 7.50. The van der Waals surface area contributed by atoms with Gasteiger partial charge in [-0.2, -0.15) is 0 Å². The number of rotatable bonds is 5. The molecule has 0 atom stereocenters. The number of carbonyl (C=O) groups is 1. The third-order valence-electron chi connectivity index (χ3n) is 1.40. The van der Waals surface area contributed by atoms with E-state index < -0.39 is 17.5 Å². The standard InChI is InChI=1S/C7H6BrN3O5/c8-4-1-5(11(14)15)7(9-2-4)10-16-3-6(12)13/h1-2H,3H2,(H,9,10)(H,12,13). The molecule has 0 spiro atoms. The molecule has 0 aliphatic heterocycles. The van der Waals surface area contributed by atoms with Crippen molar-refractivity contribution in [3.63, 3.8) is 0 Å². The fourth-order valence-electron chi connectivity index (χ4n) is 0.813. The molecule has 0 aromatic carbocycles. The molecular weight excluding hydrogens is 286 g/mol. The van der Waals surface area contributed by atoms with Gasteiger partial charge in [0, 0.05) is 16.7 Å². The summed E-state index contributed by atoms with van der Waals surface area (Å²) in [7, 11) is 0. The molecule has 9 heteroatoms. The molecule has 0 radical (unpaired) electrons. The van der Waals surface area contributed by atoms with Gasteiger partial charge in [-0.1, -0.05) is 0 Å². The van der Waals surface area contributed by atoms with Crippen LogP contribution in [0.25, 0.3) is 0 Å². The van der Waals surface area contributed by atoms with Crippen molar-refractivity contribution in [3.8, 4) is 0 Å². The molecule has 0 fully saturated rings. The minimum Gasteiger partial charge on any atom is -0.479 e. The van der Waals surface area contributed by atoms with E-state index in [0.29, 0.717) is 4.47 Å². The average Bonchev–Trinajstić information content (AvgIpc) is 2.19. The first-order valence-electron chi connectivity index (χ1n) is 3.90. The van der Waals surface area contributed by atoms with E-state index in [1.165, 1.54) is 12.3 Å². The van der Waals surface area contributed by atoms with Gasteiger partial charge in [-0.15, -0.1) is 0 Å². The topological polar surface area (TPSA) is 115 Å². The van der Waals surface area contributed by atoms with Crippen LogP contribution in [-0.2, 0) is 9.63 Å². The number of nitrogens with zero attached hydrogens (tertiary/aromatic N) is 2. The summed E-state index contributed by atoms with van der Waals surface area (Å²) in [6.07, 6.45) is 1.32. The molecule has 0 amide bonds. The maximum Gasteiger partial charge on any atom is 0.332 e. The molecule has 0 bridgehead atoms. The number of halogens is 1. The largest absolute Gasteiger partial charge is 0.479 e. The van der Waals surface area contributed by atoms with E-state index in [-0.39, 0.29) is 11.5 Å². The number of carboxylic acid groups (broad SMARTS) is 1. The minimum atomic E-state index is -1.20. The summed E-state index contributed by atoms with van der Waals surface area (Å²) in [4.78, 5) is 28.2. The van der Waals surface area contributed by atoms with Gasteiger partial charge >= 0.3 is 11.7 Å². The molecule has 0 unspecified atom stereocenters. The summed E-state index contributed by atoms with van der Waals surface area (Å²) in [5, 5.41) is 18.9. The van der Waals surface area contributed by atoms with Crippen LogP contribution in [0.3, 0.4) is 0 Å². The van der Waals surface area contributed by atoms with E-state index in [1.807, 2.05) is 0 Å². The van der Waals surface area contributed by atoms with Crippen molar-refractivity contribution >= 4 is 33.4 Å². The van der Waals surface area contributed by atoms with E-state index >= 15 is 0 Å². The number of carboxylic acids is 1. The van der Waals surface area contributed by atoms with Crippen LogP contribution in [0.1, 0.15) is 0 Å². The van der Waals surface area contributed by atoms with E-state index in [0.717, 1.165) is 0 Å². The number of nitro groups is 1. The third kappa shape index (κ3) is 3.44. The highest BCUT2D eigenvalue weighted by atomic mass is 79.9. The van der Waals surface area contributed by atoms with Crippen LogP contribution in [-0.4, -0.2) is 27.6 Å². The van der Waals surface area contributed by atoms with Crippen molar-refractivity contribution in [2.24, 2.45) is 0 Å². The zero-order valence-electron chi connectivity index (χ0n) is 7.71. The van der Waals surface area contributed by atoms with Crippen LogP contribution in [0.15, 0.2) is 16.7 Å². The maximum absolute atomic E-state index is 10.6. The molecule has 1 heterocycles. The highest BCUT2D eigenvalue weighted by Crippen LogP contribution is 2.24. The van der Waals surface area contributed by atoms with Crippen LogP contribution in [0, 0.1) is 10.1 Å². The van der Waals surface area contributed by atoms with Crippen molar-refractivity contribution < 1.29 is 19.7 Å². The normalized spacial score (nSPS) is 9.81. The summed E-state index contributed by atoms with van der Waals surface area (Å²) >= 11 is 3.03. The quantitative estimate of drug-likeness (QED) is 0.618. The number of hydrogen-bond acceptors (Lipinski definition) is 6. The van der Waals surface area contributed by atoms with Crippen molar-refractivity contribution in [1.82, 2.24) is 4.98 Å². The molecule has 1 aromatic heterocycles. The lowest BCUT2D eigenvalue weighted by atomic mass is 10.4. The summed E-state index contributed by atoms with van der Waals surface area (Å²) in [5.41, 5.74) is 1.78. The lowest BCUT2D eigenvalue weighted by Crippen LogP contribution is -2.12. The molecule has 8 nitrogen and oxygen atoms in total. The molecule has 0 saturated carbocycles. The summed E-state index contributed by atoms with van der Waals surface area (Å²) in [6.45, 7) is -0.630. The van der Waals surface area contributed by atoms with Gasteiger partial charge in [-0.25, -0.2) is 15.3 Å². The van der Waals surface area contributed by atoms with E-state index in [2.05, 4.69) is 31.2 Å². The number of hydrogen-bond donors (Lipinski definition) is 2. The van der Waals surface area contributed by atoms with Gasteiger partial charge in [0.1, 0.15) is 0 Å². The zero-order valence-corrected chi connectivity index (χ0v) is 9.30. The van der Waals surface area contributed by atoms with Gasteiger partial charge in [0.25, 0.3) is 0 Å². The Balaban J connectivity index is 2.78. The number of pyridine rings is 1. The first-order valence-corrected chi connectivity index (χ1v) is 4.69. The molecule has 0 saturated heterocycles. The summed E-state index contributed by atoms with van der Waals surface area (Å²) < 4.78 is 0.433. The first kappa shape index (κ1) is 12.3. The SMILES string of the molecule is O=C(O)CONc1ncc(Br)cc1[N+](=O)[O-]. The molecule has 0 aliphatic carbocycles. The molecule has 16 heavy (non-hydrogen) atoms. The third-order valence-corrected chi connectivity index (χ3v) is 1.83. The Labute approximate surface area is 97.5 Å². The Morgan fingerprint density at radius 2 is 2.44 bits per heavy atom. The Morgan fingerprint density at radius 1 is 1.75 bits per heavy atom. The van der Waals surface area contributed by atoms with Crippen LogP contribution in [0.4, 0.5) is 11.5 Å². The second-order valence-electron chi connectivity index (χ2n) is 2.56. The van der Waals surface area contributed by atoms with Gasteiger partial charge in [-0.3, -0.25) is 15.0 Å².